The number of rotatable bonds is 2. The van der Waals surface area contributed by atoms with Crippen LogP contribution in [-0.2, 0) is 0 Å². The molecule has 3 heterocycles. The van der Waals surface area contributed by atoms with Crippen LogP contribution >= 0.6 is 0 Å². The van der Waals surface area contributed by atoms with Crippen molar-refractivity contribution >= 4 is 11.8 Å². The van der Waals surface area contributed by atoms with Crippen molar-refractivity contribution in [3.05, 3.63) is 54.2 Å². The minimum absolute atomic E-state index is 0.0205. The summed E-state index contributed by atoms with van der Waals surface area (Å²) in [6.45, 7) is 2.12. The predicted molar refractivity (Wildman–Crippen MR) is 74.8 cm³/mol. The van der Waals surface area contributed by atoms with Gasteiger partial charge in [0.25, 0.3) is 11.8 Å². The van der Waals surface area contributed by atoms with Crippen LogP contribution in [-0.4, -0.2) is 52.8 Å². The molecule has 0 unspecified atom stereocenters. The van der Waals surface area contributed by atoms with E-state index in [1.165, 1.54) is 12.5 Å². The highest BCUT2D eigenvalue weighted by Gasteiger charge is 2.25. The second-order valence-electron chi connectivity index (χ2n) is 4.83. The molecule has 21 heavy (non-hydrogen) atoms. The van der Waals surface area contributed by atoms with E-state index < -0.39 is 0 Å². The van der Waals surface area contributed by atoms with Gasteiger partial charge in [0.15, 0.2) is 0 Å². The average Bonchev–Trinajstić information content (AvgIpc) is 3.09. The highest BCUT2D eigenvalue weighted by Crippen LogP contribution is 2.11. The van der Waals surface area contributed by atoms with Crippen LogP contribution in [0.2, 0.25) is 0 Å². The molecule has 0 saturated carbocycles. The van der Waals surface area contributed by atoms with Gasteiger partial charge in [-0.15, -0.1) is 0 Å². The smallest absolute Gasteiger partial charge is 0.257 e. The molecule has 0 spiro atoms. The molecule has 2 aromatic rings. The third-order valence-corrected chi connectivity index (χ3v) is 3.55. The van der Waals surface area contributed by atoms with Gasteiger partial charge in [0.2, 0.25) is 0 Å². The van der Waals surface area contributed by atoms with E-state index in [9.17, 15) is 9.59 Å². The SMILES string of the molecule is O=C(c1ccncc1)N1CCN(C(=O)c2ccoc2)CC1. The maximum Gasteiger partial charge on any atom is 0.257 e. The van der Waals surface area contributed by atoms with E-state index in [4.69, 9.17) is 4.42 Å². The Labute approximate surface area is 122 Å². The van der Waals surface area contributed by atoms with Crippen molar-refractivity contribution < 1.29 is 14.0 Å². The number of carbonyl (C=O) groups excluding carboxylic acids is 2. The van der Waals surface area contributed by atoms with E-state index in [2.05, 4.69) is 4.98 Å². The van der Waals surface area contributed by atoms with Crippen molar-refractivity contribution in [1.82, 2.24) is 14.8 Å². The Balaban J connectivity index is 1.60. The number of carbonyl (C=O) groups is 2. The van der Waals surface area contributed by atoms with Gasteiger partial charge in [-0.25, -0.2) is 0 Å². The van der Waals surface area contributed by atoms with Gasteiger partial charge < -0.3 is 14.2 Å². The number of aromatic nitrogens is 1. The summed E-state index contributed by atoms with van der Waals surface area (Å²) >= 11 is 0. The summed E-state index contributed by atoms with van der Waals surface area (Å²) in [5.74, 6) is -0.0763. The first-order valence-electron chi connectivity index (χ1n) is 6.76. The first-order valence-corrected chi connectivity index (χ1v) is 6.76. The largest absolute Gasteiger partial charge is 0.472 e. The Bertz CT molecular complexity index is 617. The lowest BCUT2D eigenvalue weighted by Crippen LogP contribution is -2.50. The van der Waals surface area contributed by atoms with Crippen LogP contribution in [0, 0.1) is 0 Å². The quantitative estimate of drug-likeness (QED) is 0.833. The maximum atomic E-state index is 12.3. The van der Waals surface area contributed by atoms with Crippen molar-refractivity contribution in [3.63, 3.8) is 0 Å². The van der Waals surface area contributed by atoms with Gasteiger partial charge in [0.05, 0.1) is 11.8 Å². The highest BCUT2D eigenvalue weighted by molar-refractivity contribution is 5.95. The van der Waals surface area contributed by atoms with Gasteiger partial charge in [-0.2, -0.15) is 0 Å². The van der Waals surface area contributed by atoms with E-state index in [0.717, 1.165) is 0 Å². The molecule has 0 radical (unpaired) electrons. The summed E-state index contributed by atoms with van der Waals surface area (Å²) in [5, 5.41) is 0. The van der Waals surface area contributed by atoms with Gasteiger partial charge in [0.1, 0.15) is 6.26 Å². The fourth-order valence-corrected chi connectivity index (χ4v) is 2.36. The van der Waals surface area contributed by atoms with E-state index >= 15 is 0 Å². The average molecular weight is 285 g/mol. The molecule has 2 aromatic heterocycles. The molecule has 1 aliphatic heterocycles. The monoisotopic (exact) mass is 285 g/mol. The summed E-state index contributed by atoms with van der Waals surface area (Å²) in [6, 6.07) is 5.05. The van der Waals surface area contributed by atoms with Crippen molar-refractivity contribution in [2.24, 2.45) is 0 Å². The Morgan fingerprint density at radius 2 is 1.48 bits per heavy atom. The molecule has 1 aliphatic rings. The molecule has 2 amide bonds. The second kappa shape index (κ2) is 5.78. The van der Waals surface area contributed by atoms with E-state index in [-0.39, 0.29) is 11.8 Å². The maximum absolute atomic E-state index is 12.3. The van der Waals surface area contributed by atoms with Crippen LogP contribution < -0.4 is 0 Å². The lowest BCUT2D eigenvalue weighted by Gasteiger charge is -2.34. The van der Waals surface area contributed by atoms with Crippen LogP contribution in [0.1, 0.15) is 20.7 Å². The second-order valence-corrected chi connectivity index (χ2v) is 4.83. The molecule has 6 nitrogen and oxygen atoms in total. The molecule has 3 rings (SSSR count). The number of pyridine rings is 1. The fourth-order valence-electron chi connectivity index (χ4n) is 2.36. The van der Waals surface area contributed by atoms with E-state index in [0.29, 0.717) is 37.3 Å². The topological polar surface area (TPSA) is 66.7 Å². The first kappa shape index (κ1) is 13.4. The zero-order valence-corrected chi connectivity index (χ0v) is 11.4. The molecule has 0 bridgehead atoms. The third-order valence-electron chi connectivity index (χ3n) is 3.55. The molecule has 0 aromatic carbocycles. The summed E-state index contributed by atoms with van der Waals surface area (Å²) in [7, 11) is 0. The number of nitrogens with zero attached hydrogens (tertiary/aromatic N) is 3. The molecular formula is C15H15N3O3. The number of hydrogen-bond donors (Lipinski definition) is 0. The van der Waals surface area contributed by atoms with Crippen LogP contribution in [0.5, 0.6) is 0 Å². The Morgan fingerprint density at radius 3 is 2.00 bits per heavy atom. The van der Waals surface area contributed by atoms with E-state index in [1.54, 1.807) is 40.4 Å². The third kappa shape index (κ3) is 2.79. The Hall–Kier alpha value is -2.63. The van der Waals surface area contributed by atoms with Gasteiger partial charge >= 0.3 is 0 Å². The van der Waals surface area contributed by atoms with Crippen LogP contribution in [0.15, 0.2) is 47.5 Å². The van der Waals surface area contributed by atoms with Crippen LogP contribution in [0.25, 0.3) is 0 Å². The molecule has 0 N–H and O–H groups in total. The summed E-state index contributed by atoms with van der Waals surface area (Å²) in [4.78, 5) is 31.8. The Kier molecular flexibility index (Phi) is 3.68. The lowest BCUT2D eigenvalue weighted by atomic mass is 10.2. The number of amides is 2. The number of piperazine rings is 1. The summed E-state index contributed by atoms with van der Waals surface area (Å²) in [5.41, 5.74) is 1.17. The van der Waals surface area contributed by atoms with Crippen molar-refractivity contribution in [2.75, 3.05) is 26.2 Å². The lowest BCUT2D eigenvalue weighted by molar-refractivity contribution is 0.0535. The van der Waals surface area contributed by atoms with E-state index in [1.807, 2.05) is 0 Å². The molecule has 6 heteroatoms. The molecule has 1 fully saturated rings. The number of hydrogen-bond acceptors (Lipinski definition) is 4. The molecule has 108 valence electrons. The highest BCUT2D eigenvalue weighted by atomic mass is 16.3. The van der Waals surface area contributed by atoms with Crippen LogP contribution in [0.3, 0.4) is 0 Å². The zero-order valence-electron chi connectivity index (χ0n) is 11.4. The predicted octanol–water partition coefficient (Wildman–Crippen LogP) is 1.27. The zero-order chi connectivity index (χ0) is 14.7. The van der Waals surface area contributed by atoms with Gasteiger partial charge in [-0.1, -0.05) is 0 Å². The minimum atomic E-state index is -0.0558. The summed E-state index contributed by atoms with van der Waals surface area (Å²) in [6.07, 6.45) is 6.13. The van der Waals surface area contributed by atoms with Gasteiger partial charge in [-0.05, 0) is 18.2 Å². The normalized spacial score (nSPS) is 15.0. The molecule has 0 aliphatic carbocycles. The van der Waals surface area contributed by atoms with Crippen molar-refractivity contribution in [3.8, 4) is 0 Å². The van der Waals surface area contributed by atoms with Crippen molar-refractivity contribution in [1.29, 1.82) is 0 Å². The molecule has 0 atom stereocenters. The number of furan rings is 1. The fraction of sp³-hybridized carbons (Fsp3) is 0.267. The van der Waals surface area contributed by atoms with Crippen molar-refractivity contribution in [2.45, 2.75) is 0 Å². The first-order chi connectivity index (χ1) is 10.3. The van der Waals surface area contributed by atoms with Gasteiger partial charge in [0, 0.05) is 44.1 Å². The summed E-state index contributed by atoms with van der Waals surface area (Å²) < 4.78 is 4.93. The Morgan fingerprint density at radius 1 is 0.905 bits per heavy atom. The van der Waals surface area contributed by atoms with Gasteiger partial charge in [-0.3, -0.25) is 14.6 Å². The standard InChI is InChI=1S/C15H15N3O3/c19-14(12-1-4-16-5-2-12)17-6-8-18(9-7-17)15(20)13-3-10-21-11-13/h1-5,10-11H,6-9H2. The molecular weight excluding hydrogens is 270 g/mol. The van der Waals surface area contributed by atoms with Crippen LogP contribution in [0.4, 0.5) is 0 Å². The molecule has 1 saturated heterocycles. The minimum Gasteiger partial charge on any atom is -0.472 e.